The van der Waals surface area contributed by atoms with Crippen molar-refractivity contribution in [3.05, 3.63) is 51.5 Å². The molecule has 3 N–H and O–H groups in total. The number of esters is 1. The summed E-state index contributed by atoms with van der Waals surface area (Å²) in [5.74, 6) is 0.0242. The van der Waals surface area contributed by atoms with E-state index in [4.69, 9.17) is 43.1 Å². The zero-order valence-electron chi connectivity index (χ0n) is 13.4. The molecule has 0 aliphatic carbocycles. The number of carbonyl (C=O) groups excluding carboxylic acids is 2. The van der Waals surface area contributed by atoms with E-state index in [2.05, 4.69) is 5.32 Å². The number of carbonyl (C=O) groups is 2. The molecule has 0 spiro atoms. The third-order valence-corrected chi connectivity index (χ3v) is 4.11. The van der Waals surface area contributed by atoms with Crippen LogP contribution in [0.5, 0.6) is 11.5 Å². The molecule has 0 fully saturated rings. The maximum Gasteiger partial charge on any atom is 0.340 e. The zero-order chi connectivity index (χ0) is 18.7. The first-order chi connectivity index (χ1) is 12.4. The molecule has 2 aromatic carbocycles. The second kappa shape index (κ2) is 7.72. The summed E-state index contributed by atoms with van der Waals surface area (Å²) in [4.78, 5) is 23.9. The number of nitrogens with two attached hydrogens (primary N) is 1. The third-order valence-electron chi connectivity index (χ3n) is 3.58. The van der Waals surface area contributed by atoms with Gasteiger partial charge in [0, 0.05) is 11.6 Å². The van der Waals surface area contributed by atoms with Crippen LogP contribution in [0.25, 0.3) is 0 Å². The quantitative estimate of drug-likeness (QED) is 0.595. The zero-order valence-corrected chi connectivity index (χ0v) is 14.9. The van der Waals surface area contributed by atoms with Gasteiger partial charge in [0.1, 0.15) is 0 Å². The van der Waals surface area contributed by atoms with Gasteiger partial charge in [-0.25, -0.2) is 4.79 Å². The molecule has 0 aromatic heterocycles. The van der Waals surface area contributed by atoms with Gasteiger partial charge in [-0.05, 0) is 29.8 Å². The molecule has 1 amide bonds. The van der Waals surface area contributed by atoms with Crippen molar-refractivity contribution in [1.29, 1.82) is 0 Å². The number of fused-ring (bicyclic) bond motifs is 1. The maximum absolute atomic E-state index is 12.0. The minimum atomic E-state index is -0.787. The standard InChI is InChI=1S/C17H14Cl2N2O5/c18-10-4-11(16(20)12(19)5-10)17(23)24-7-15(22)21-6-9-1-2-13-14(3-9)26-8-25-13/h1-5H,6-8,20H2,(H,21,22). The van der Waals surface area contributed by atoms with E-state index in [0.29, 0.717) is 11.5 Å². The predicted octanol–water partition coefficient (Wildman–Crippen LogP) is 2.78. The lowest BCUT2D eigenvalue weighted by atomic mass is 10.2. The molecule has 1 aliphatic rings. The Bertz CT molecular complexity index is 872. The lowest BCUT2D eigenvalue weighted by Gasteiger charge is -2.09. The topological polar surface area (TPSA) is 99.9 Å². The van der Waals surface area contributed by atoms with Crippen molar-refractivity contribution < 1.29 is 23.8 Å². The Morgan fingerprint density at radius 3 is 2.73 bits per heavy atom. The van der Waals surface area contributed by atoms with Gasteiger partial charge >= 0.3 is 5.97 Å². The molecule has 1 aliphatic heterocycles. The first-order valence-corrected chi connectivity index (χ1v) is 8.26. The van der Waals surface area contributed by atoms with Gasteiger partial charge in [0.25, 0.3) is 5.91 Å². The molecule has 136 valence electrons. The van der Waals surface area contributed by atoms with Crippen molar-refractivity contribution in [3.63, 3.8) is 0 Å². The molecular weight excluding hydrogens is 383 g/mol. The molecule has 26 heavy (non-hydrogen) atoms. The Hall–Kier alpha value is -2.64. The minimum Gasteiger partial charge on any atom is -0.454 e. The first-order valence-electron chi connectivity index (χ1n) is 7.51. The van der Waals surface area contributed by atoms with Crippen molar-refractivity contribution in [2.24, 2.45) is 0 Å². The fraction of sp³-hybridized carbons (Fsp3) is 0.176. The summed E-state index contributed by atoms with van der Waals surface area (Å²) in [6, 6.07) is 8.07. The van der Waals surface area contributed by atoms with Crippen molar-refractivity contribution in [2.75, 3.05) is 19.1 Å². The summed E-state index contributed by atoms with van der Waals surface area (Å²) < 4.78 is 15.4. The summed E-state index contributed by atoms with van der Waals surface area (Å²) >= 11 is 11.7. The number of nitrogen functional groups attached to an aromatic ring is 1. The number of ether oxygens (including phenoxy) is 3. The van der Waals surface area contributed by atoms with E-state index >= 15 is 0 Å². The van der Waals surface area contributed by atoms with Crippen molar-refractivity contribution in [1.82, 2.24) is 5.32 Å². The number of anilines is 1. The summed E-state index contributed by atoms with van der Waals surface area (Å²) in [7, 11) is 0. The Labute approximate surface area is 158 Å². The molecule has 0 unspecified atom stereocenters. The second-order valence-corrected chi connectivity index (χ2v) is 6.23. The van der Waals surface area contributed by atoms with Gasteiger partial charge in [-0.2, -0.15) is 0 Å². The highest BCUT2D eigenvalue weighted by Crippen LogP contribution is 2.32. The van der Waals surface area contributed by atoms with Crippen LogP contribution < -0.4 is 20.5 Å². The van der Waals surface area contributed by atoms with Gasteiger partial charge in [0.2, 0.25) is 6.79 Å². The van der Waals surface area contributed by atoms with E-state index in [0.717, 1.165) is 5.56 Å². The second-order valence-electron chi connectivity index (χ2n) is 5.39. The van der Waals surface area contributed by atoms with Crippen LogP contribution in [-0.4, -0.2) is 25.3 Å². The Kier molecular flexibility index (Phi) is 5.39. The fourth-order valence-corrected chi connectivity index (χ4v) is 2.76. The van der Waals surface area contributed by atoms with Crippen LogP contribution in [0.2, 0.25) is 10.0 Å². The van der Waals surface area contributed by atoms with Crippen LogP contribution in [0.15, 0.2) is 30.3 Å². The van der Waals surface area contributed by atoms with Crippen LogP contribution in [-0.2, 0) is 16.1 Å². The van der Waals surface area contributed by atoms with Crippen LogP contribution in [0, 0.1) is 0 Å². The Balaban J connectivity index is 1.52. The number of benzene rings is 2. The van der Waals surface area contributed by atoms with E-state index in [1.54, 1.807) is 18.2 Å². The Morgan fingerprint density at radius 2 is 1.92 bits per heavy atom. The summed E-state index contributed by atoms with van der Waals surface area (Å²) in [6.45, 7) is -0.0388. The van der Waals surface area contributed by atoms with Crippen molar-refractivity contribution in [3.8, 4) is 11.5 Å². The highest BCUT2D eigenvalue weighted by atomic mass is 35.5. The lowest BCUT2D eigenvalue weighted by molar-refractivity contribution is -0.124. The summed E-state index contributed by atoms with van der Waals surface area (Å²) in [5.41, 5.74) is 6.59. The highest BCUT2D eigenvalue weighted by Gasteiger charge is 2.17. The summed E-state index contributed by atoms with van der Waals surface area (Å²) in [6.07, 6.45) is 0. The number of hydrogen-bond acceptors (Lipinski definition) is 6. The highest BCUT2D eigenvalue weighted by molar-refractivity contribution is 6.37. The molecule has 2 aromatic rings. The fourth-order valence-electron chi connectivity index (χ4n) is 2.27. The SMILES string of the molecule is Nc1c(Cl)cc(Cl)cc1C(=O)OCC(=O)NCc1ccc2c(c1)OCO2. The molecule has 0 radical (unpaired) electrons. The largest absolute Gasteiger partial charge is 0.454 e. The molecule has 0 bridgehead atoms. The monoisotopic (exact) mass is 396 g/mol. The smallest absolute Gasteiger partial charge is 0.340 e. The van der Waals surface area contributed by atoms with Gasteiger partial charge in [-0.15, -0.1) is 0 Å². The summed E-state index contributed by atoms with van der Waals surface area (Å²) in [5, 5.41) is 3.01. The molecule has 7 nitrogen and oxygen atoms in total. The van der Waals surface area contributed by atoms with Crippen molar-refractivity contribution in [2.45, 2.75) is 6.54 Å². The van der Waals surface area contributed by atoms with Gasteiger partial charge in [-0.3, -0.25) is 4.79 Å². The number of nitrogens with one attached hydrogen (secondary N) is 1. The average Bonchev–Trinajstić information content (AvgIpc) is 3.08. The molecule has 0 saturated heterocycles. The van der Waals surface area contributed by atoms with E-state index in [1.807, 2.05) is 0 Å². The van der Waals surface area contributed by atoms with Gasteiger partial charge in [0.15, 0.2) is 18.1 Å². The van der Waals surface area contributed by atoms with Crippen LogP contribution in [0.3, 0.4) is 0 Å². The van der Waals surface area contributed by atoms with Gasteiger partial charge in [-0.1, -0.05) is 29.3 Å². The minimum absolute atomic E-state index is 0.00562. The van der Waals surface area contributed by atoms with E-state index in [9.17, 15) is 9.59 Å². The molecule has 9 heteroatoms. The first kappa shape index (κ1) is 18.2. The van der Waals surface area contributed by atoms with Crippen LogP contribution in [0.1, 0.15) is 15.9 Å². The normalized spacial score (nSPS) is 11.9. The predicted molar refractivity (Wildman–Crippen MR) is 95.6 cm³/mol. The number of halogens is 2. The van der Waals surface area contributed by atoms with E-state index < -0.39 is 18.5 Å². The molecule has 3 rings (SSSR count). The van der Waals surface area contributed by atoms with Gasteiger partial charge < -0.3 is 25.3 Å². The molecule has 0 atom stereocenters. The number of rotatable bonds is 5. The van der Waals surface area contributed by atoms with Crippen molar-refractivity contribution >= 4 is 40.8 Å². The number of hydrogen-bond donors (Lipinski definition) is 2. The van der Waals surface area contributed by atoms with Crippen LogP contribution in [0.4, 0.5) is 5.69 Å². The molecular formula is C17H14Cl2N2O5. The van der Waals surface area contributed by atoms with Crippen LogP contribution >= 0.6 is 23.2 Å². The average molecular weight is 397 g/mol. The maximum atomic E-state index is 12.0. The Morgan fingerprint density at radius 1 is 1.15 bits per heavy atom. The molecule has 1 heterocycles. The number of amides is 1. The van der Waals surface area contributed by atoms with E-state index in [-0.39, 0.29) is 34.6 Å². The molecule has 0 saturated carbocycles. The lowest BCUT2D eigenvalue weighted by Crippen LogP contribution is -2.28. The third kappa shape index (κ3) is 4.12. The van der Waals surface area contributed by atoms with E-state index in [1.165, 1.54) is 12.1 Å². The van der Waals surface area contributed by atoms with Gasteiger partial charge in [0.05, 0.1) is 16.3 Å².